The lowest BCUT2D eigenvalue weighted by Gasteiger charge is -2.32. The first-order valence-corrected chi connectivity index (χ1v) is 11.3. The van der Waals surface area contributed by atoms with Gasteiger partial charge in [0, 0.05) is 44.2 Å². The minimum Gasteiger partial charge on any atom is -0.390 e. The van der Waals surface area contributed by atoms with E-state index in [-0.39, 0.29) is 12.5 Å². The van der Waals surface area contributed by atoms with Crippen LogP contribution in [0, 0.1) is 5.92 Å². The van der Waals surface area contributed by atoms with E-state index in [1.165, 1.54) is 17.5 Å². The zero-order valence-electron chi connectivity index (χ0n) is 18.9. The predicted octanol–water partition coefficient (Wildman–Crippen LogP) is 1.16. The summed E-state index contributed by atoms with van der Waals surface area (Å²) in [5.74, 6) is 0.943. The summed E-state index contributed by atoms with van der Waals surface area (Å²) >= 11 is 0. The largest absolute Gasteiger partial charge is 0.390 e. The second-order valence-corrected chi connectivity index (χ2v) is 9.09. The molecular weight excluding hydrogens is 404 g/mol. The molecule has 0 bridgehead atoms. The minimum atomic E-state index is -0.636. The van der Waals surface area contributed by atoms with Crippen LogP contribution in [-0.2, 0) is 13.0 Å². The normalized spacial score (nSPS) is 21.1. The molecule has 8 heteroatoms. The smallest absolute Gasteiger partial charge is 0.270 e. The topological polar surface area (TPSA) is 93.4 Å². The lowest BCUT2D eigenvalue weighted by atomic mass is 9.81. The first-order valence-electron chi connectivity index (χ1n) is 11.3. The van der Waals surface area contributed by atoms with Gasteiger partial charge in [-0.05, 0) is 30.4 Å². The summed E-state index contributed by atoms with van der Waals surface area (Å²) in [4.78, 5) is 23.1. The van der Waals surface area contributed by atoms with Gasteiger partial charge in [0.15, 0.2) is 0 Å². The maximum atomic E-state index is 12.5. The molecule has 170 valence electrons. The number of nitrogens with one attached hydrogen (secondary N) is 2. The van der Waals surface area contributed by atoms with Crippen LogP contribution in [0.25, 0.3) is 0 Å². The molecule has 1 atom stereocenters. The van der Waals surface area contributed by atoms with Crippen LogP contribution in [0.4, 0.5) is 5.82 Å². The van der Waals surface area contributed by atoms with Gasteiger partial charge in [-0.1, -0.05) is 24.3 Å². The van der Waals surface area contributed by atoms with E-state index < -0.39 is 6.10 Å². The number of aliphatic hydroxyl groups excluding tert-OH is 1. The van der Waals surface area contributed by atoms with Crippen LogP contribution in [0.2, 0.25) is 0 Å². The molecular formula is C24H33N6O2+. The predicted molar refractivity (Wildman–Crippen MR) is 124 cm³/mol. The number of β-amino-alcohol motifs (C(OH)–C–C–N with tert-alkyl or cyclic N) is 1. The van der Waals surface area contributed by atoms with Gasteiger partial charge in [-0.25, -0.2) is 14.5 Å². The quantitative estimate of drug-likeness (QED) is 0.424. The second-order valence-electron chi connectivity index (χ2n) is 9.09. The van der Waals surface area contributed by atoms with Gasteiger partial charge in [0.2, 0.25) is 0 Å². The molecule has 1 aliphatic heterocycles. The van der Waals surface area contributed by atoms with Crippen LogP contribution < -0.4 is 10.6 Å². The van der Waals surface area contributed by atoms with Crippen molar-refractivity contribution in [3.63, 3.8) is 0 Å². The lowest BCUT2D eigenvalue weighted by molar-refractivity contribution is -0.462. The summed E-state index contributed by atoms with van der Waals surface area (Å²) in [6, 6.07) is 10.5. The second kappa shape index (κ2) is 10.2. The molecule has 1 aromatic carbocycles. The molecule has 2 aromatic rings. The van der Waals surface area contributed by atoms with Crippen LogP contribution in [0.1, 0.15) is 34.5 Å². The molecule has 32 heavy (non-hydrogen) atoms. The van der Waals surface area contributed by atoms with Crippen molar-refractivity contribution in [2.45, 2.75) is 38.0 Å². The average molecular weight is 438 g/mol. The van der Waals surface area contributed by atoms with Crippen LogP contribution >= 0.6 is 0 Å². The Morgan fingerprint density at radius 2 is 2.06 bits per heavy atom. The van der Waals surface area contributed by atoms with E-state index in [1.54, 1.807) is 6.07 Å². The summed E-state index contributed by atoms with van der Waals surface area (Å²) in [6.07, 6.45) is 6.09. The maximum Gasteiger partial charge on any atom is 0.270 e. The Labute approximate surface area is 189 Å². The summed E-state index contributed by atoms with van der Waals surface area (Å²) in [6.45, 7) is 2.46. The summed E-state index contributed by atoms with van der Waals surface area (Å²) < 4.78 is 2.09. The van der Waals surface area contributed by atoms with Gasteiger partial charge in [-0.3, -0.25) is 9.69 Å². The molecule has 1 aliphatic carbocycles. The molecule has 0 spiro atoms. The molecule has 1 saturated carbocycles. The van der Waals surface area contributed by atoms with Gasteiger partial charge in [0.1, 0.15) is 38.1 Å². The van der Waals surface area contributed by atoms with Crippen LogP contribution in [0.15, 0.2) is 36.7 Å². The zero-order valence-corrected chi connectivity index (χ0v) is 18.9. The molecule has 3 N–H and O–H groups in total. The molecule has 8 nitrogen and oxygen atoms in total. The van der Waals surface area contributed by atoms with Crippen LogP contribution in [0.5, 0.6) is 0 Å². The summed E-state index contributed by atoms with van der Waals surface area (Å²) in [5, 5.41) is 16.6. The average Bonchev–Trinajstić information content (AvgIpc) is 2.76. The number of hydrogen-bond donors (Lipinski definition) is 3. The number of fused-ring (bicyclic) bond motifs is 1. The third kappa shape index (κ3) is 5.89. The summed E-state index contributed by atoms with van der Waals surface area (Å²) in [5.41, 5.74) is 3.00. The first-order chi connectivity index (χ1) is 15.5. The van der Waals surface area contributed by atoms with Crippen molar-refractivity contribution in [2.75, 3.05) is 39.0 Å². The third-order valence-electron chi connectivity index (χ3n) is 6.11. The van der Waals surface area contributed by atoms with Crippen LogP contribution in [-0.4, -0.2) is 82.5 Å². The molecule has 2 heterocycles. The van der Waals surface area contributed by atoms with Crippen molar-refractivity contribution in [1.29, 1.82) is 0 Å². The van der Waals surface area contributed by atoms with Crippen molar-refractivity contribution in [3.05, 3.63) is 53.5 Å². The Kier molecular flexibility index (Phi) is 7.12. The Bertz CT molecular complexity index is 968. The van der Waals surface area contributed by atoms with Crippen molar-refractivity contribution < 1.29 is 14.5 Å². The van der Waals surface area contributed by atoms with E-state index in [9.17, 15) is 9.90 Å². The molecule has 1 fully saturated rings. The van der Waals surface area contributed by atoms with Gasteiger partial charge < -0.3 is 15.7 Å². The Hall–Kier alpha value is -2.84. The number of anilines is 1. The van der Waals surface area contributed by atoms with E-state index in [0.717, 1.165) is 32.4 Å². The number of carbonyl (C=O) groups is 1. The highest BCUT2D eigenvalue weighted by atomic mass is 16.3. The van der Waals surface area contributed by atoms with E-state index in [1.807, 2.05) is 14.1 Å². The van der Waals surface area contributed by atoms with E-state index in [4.69, 9.17) is 0 Å². The number of aromatic nitrogens is 2. The molecule has 4 rings (SSSR count). The first kappa shape index (κ1) is 22.4. The maximum absolute atomic E-state index is 12.5. The fourth-order valence-electron chi connectivity index (χ4n) is 4.47. The monoisotopic (exact) mass is 437 g/mol. The molecule has 0 radical (unpaired) electrons. The van der Waals surface area contributed by atoms with Crippen molar-refractivity contribution >= 4 is 17.9 Å². The SMILES string of the molecule is C[N+](C)=CC1CC(Nc2cc(C(=O)NC[C@H](O)CN3CCc4ccccc4C3)ncn2)C1. The van der Waals surface area contributed by atoms with Gasteiger partial charge in [-0.2, -0.15) is 0 Å². The lowest BCUT2D eigenvalue weighted by Crippen LogP contribution is -2.42. The number of carbonyl (C=O) groups excluding carboxylic acids is 1. The summed E-state index contributed by atoms with van der Waals surface area (Å²) in [7, 11) is 4.08. The zero-order chi connectivity index (χ0) is 22.5. The van der Waals surface area contributed by atoms with Gasteiger partial charge >= 0.3 is 0 Å². The van der Waals surface area contributed by atoms with E-state index in [0.29, 0.717) is 30.0 Å². The number of hydrogen-bond acceptors (Lipinski definition) is 6. The Morgan fingerprint density at radius 1 is 1.28 bits per heavy atom. The number of benzene rings is 1. The fourth-order valence-corrected chi connectivity index (χ4v) is 4.47. The van der Waals surface area contributed by atoms with Gasteiger partial charge in [-0.15, -0.1) is 0 Å². The molecule has 0 saturated heterocycles. The highest BCUT2D eigenvalue weighted by molar-refractivity contribution is 5.92. The highest BCUT2D eigenvalue weighted by Crippen LogP contribution is 2.28. The van der Waals surface area contributed by atoms with Crippen molar-refractivity contribution in [1.82, 2.24) is 20.2 Å². The van der Waals surface area contributed by atoms with Crippen LogP contribution in [0.3, 0.4) is 0 Å². The minimum absolute atomic E-state index is 0.189. The number of rotatable bonds is 8. The molecule has 2 aliphatic rings. The fraction of sp³-hybridized carbons (Fsp3) is 0.500. The Balaban J connectivity index is 1.22. The van der Waals surface area contributed by atoms with E-state index in [2.05, 4.69) is 60.6 Å². The molecule has 0 unspecified atom stereocenters. The standard InChI is InChI=1S/C24H32N6O2/c1-29(2)13-17-9-20(10-17)28-23-11-22(26-16-27-23)24(32)25-12-21(31)15-30-8-7-18-5-3-4-6-19(18)14-30/h3-6,11,13,16-17,20-21,31H,7-10,12,14-15H2,1-2H3,(H-,25,26,27,28,32)/p+1/t17?,20?,21-/m0/s1. The Morgan fingerprint density at radius 3 is 2.84 bits per heavy atom. The van der Waals surface area contributed by atoms with Gasteiger partial charge in [0.25, 0.3) is 5.91 Å². The molecule has 1 amide bonds. The third-order valence-corrected chi connectivity index (χ3v) is 6.11. The van der Waals surface area contributed by atoms with Crippen molar-refractivity contribution in [3.8, 4) is 0 Å². The number of nitrogens with zero attached hydrogens (tertiary/aromatic N) is 4. The number of amides is 1. The number of aliphatic hydroxyl groups is 1. The molecule has 1 aromatic heterocycles. The van der Waals surface area contributed by atoms with E-state index >= 15 is 0 Å². The van der Waals surface area contributed by atoms with Crippen molar-refractivity contribution in [2.24, 2.45) is 5.92 Å². The highest BCUT2D eigenvalue weighted by Gasteiger charge is 2.30. The van der Waals surface area contributed by atoms with Gasteiger partial charge in [0.05, 0.1) is 6.10 Å².